The van der Waals surface area contributed by atoms with Gasteiger partial charge in [0.1, 0.15) is 17.5 Å². The van der Waals surface area contributed by atoms with Crippen molar-refractivity contribution in [3.63, 3.8) is 0 Å². The van der Waals surface area contributed by atoms with Crippen LogP contribution in [0.25, 0.3) is 22.8 Å². The minimum absolute atomic E-state index is 0.0171. The second-order valence-corrected chi connectivity index (χ2v) is 6.97. The van der Waals surface area contributed by atoms with Crippen molar-refractivity contribution in [3.8, 4) is 22.8 Å². The molecule has 1 saturated heterocycles. The van der Waals surface area contributed by atoms with Gasteiger partial charge in [0, 0.05) is 11.6 Å². The van der Waals surface area contributed by atoms with Crippen molar-refractivity contribution in [1.29, 1.82) is 0 Å². The summed E-state index contributed by atoms with van der Waals surface area (Å²) >= 11 is 4.66. The molecule has 1 aliphatic heterocycles. The zero-order valence-electron chi connectivity index (χ0n) is 15.6. The number of anilines is 1. The third-order valence-electron chi connectivity index (χ3n) is 4.48. The Hall–Kier alpha value is -3.67. The largest absolute Gasteiger partial charge is 0.442 e. The quantitative estimate of drug-likeness (QED) is 0.452. The zero-order valence-corrected chi connectivity index (χ0v) is 16.5. The van der Waals surface area contributed by atoms with E-state index < -0.39 is 46.8 Å². The van der Waals surface area contributed by atoms with Crippen LogP contribution in [-0.2, 0) is 4.74 Å². The standard InChI is InChI=1S/C19H14F3N5O3S/c20-11-6-12(27-8-10(29-19(27)28)7-24-18(23)31)14(21)15(22)13(11)17-25-16(26-30-17)9-4-2-1-3-5-9/h1-6,10H,7-8H2,(H3,23,24,31). The van der Waals surface area contributed by atoms with Crippen molar-refractivity contribution in [1.82, 2.24) is 15.5 Å². The maximum absolute atomic E-state index is 14.8. The monoisotopic (exact) mass is 449 g/mol. The predicted molar refractivity (Wildman–Crippen MR) is 107 cm³/mol. The van der Waals surface area contributed by atoms with E-state index in [1.807, 2.05) is 0 Å². The molecule has 0 bridgehead atoms. The number of amides is 1. The van der Waals surface area contributed by atoms with Gasteiger partial charge < -0.3 is 20.3 Å². The van der Waals surface area contributed by atoms with E-state index in [0.717, 1.165) is 4.90 Å². The van der Waals surface area contributed by atoms with Crippen molar-refractivity contribution >= 4 is 29.1 Å². The number of nitrogens with one attached hydrogen (secondary N) is 1. The Kier molecular flexibility index (Phi) is 5.46. The van der Waals surface area contributed by atoms with Gasteiger partial charge in [-0.25, -0.2) is 18.0 Å². The summed E-state index contributed by atoms with van der Waals surface area (Å²) in [5, 5.41) is 6.26. The molecule has 3 N–H and O–H groups in total. The molecular formula is C19H14F3N5O3S. The van der Waals surface area contributed by atoms with Crippen LogP contribution in [0.1, 0.15) is 0 Å². The second-order valence-electron chi connectivity index (χ2n) is 6.53. The van der Waals surface area contributed by atoms with Gasteiger partial charge in [0.2, 0.25) is 5.82 Å². The maximum Gasteiger partial charge on any atom is 0.414 e. The van der Waals surface area contributed by atoms with Crippen molar-refractivity contribution < 1.29 is 27.2 Å². The highest BCUT2D eigenvalue weighted by Crippen LogP contribution is 2.35. The lowest BCUT2D eigenvalue weighted by molar-refractivity contribution is 0.143. The van der Waals surface area contributed by atoms with Crippen LogP contribution in [0.15, 0.2) is 40.9 Å². The molecule has 0 saturated carbocycles. The Bertz CT molecular complexity index is 1160. The molecule has 4 rings (SSSR count). The summed E-state index contributed by atoms with van der Waals surface area (Å²) in [7, 11) is 0. The minimum Gasteiger partial charge on any atom is -0.442 e. The Morgan fingerprint density at radius 3 is 2.71 bits per heavy atom. The number of aromatic nitrogens is 2. The average molecular weight is 449 g/mol. The normalized spacial score (nSPS) is 15.8. The first-order chi connectivity index (χ1) is 14.8. The molecule has 1 fully saturated rings. The van der Waals surface area contributed by atoms with E-state index in [0.29, 0.717) is 11.6 Å². The molecule has 0 spiro atoms. The molecule has 31 heavy (non-hydrogen) atoms. The van der Waals surface area contributed by atoms with Crippen LogP contribution in [0.3, 0.4) is 0 Å². The lowest BCUT2D eigenvalue weighted by Gasteiger charge is -2.15. The summed E-state index contributed by atoms with van der Waals surface area (Å²) in [6.07, 6.45) is -1.71. The number of rotatable bonds is 5. The SMILES string of the molecule is NC(=S)NCC1CN(c2cc(F)c(-c3nc(-c4ccccc4)no3)c(F)c2F)C(=O)O1. The van der Waals surface area contributed by atoms with Crippen LogP contribution in [-0.4, -0.2) is 40.5 Å². The molecule has 1 amide bonds. The van der Waals surface area contributed by atoms with E-state index in [4.69, 9.17) is 15.0 Å². The first kappa shape index (κ1) is 20.6. The van der Waals surface area contributed by atoms with Gasteiger partial charge in [0.15, 0.2) is 16.7 Å². The van der Waals surface area contributed by atoms with Gasteiger partial charge in [-0.2, -0.15) is 4.98 Å². The molecule has 160 valence electrons. The summed E-state index contributed by atoms with van der Waals surface area (Å²) in [6, 6.07) is 9.23. The summed E-state index contributed by atoms with van der Waals surface area (Å²) in [5.74, 6) is -4.68. The lowest BCUT2D eigenvalue weighted by Crippen LogP contribution is -2.37. The van der Waals surface area contributed by atoms with Gasteiger partial charge in [0.05, 0.1) is 18.8 Å². The van der Waals surface area contributed by atoms with E-state index in [-0.39, 0.29) is 24.0 Å². The van der Waals surface area contributed by atoms with E-state index >= 15 is 0 Å². The molecule has 1 aromatic heterocycles. The van der Waals surface area contributed by atoms with Crippen molar-refractivity contribution in [2.24, 2.45) is 5.73 Å². The van der Waals surface area contributed by atoms with Crippen molar-refractivity contribution in [2.45, 2.75) is 6.10 Å². The Morgan fingerprint density at radius 1 is 1.26 bits per heavy atom. The molecule has 1 aliphatic rings. The third kappa shape index (κ3) is 4.01. The van der Waals surface area contributed by atoms with Gasteiger partial charge in [-0.15, -0.1) is 0 Å². The molecule has 0 aliphatic carbocycles. The first-order valence-corrected chi connectivity index (χ1v) is 9.34. The number of thiocarbonyl (C=S) groups is 1. The number of nitrogens with zero attached hydrogens (tertiary/aromatic N) is 3. The highest BCUT2D eigenvalue weighted by Gasteiger charge is 2.36. The number of halogens is 3. The number of hydrogen-bond acceptors (Lipinski definition) is 6. The van der Waals surface area contributed by atoms with Gasteiger partial charge >= 0.3 is 6.09 Å². The van der Waals surface area contributed by atoms with Crippen LogP contribution >= 0.6 is 12.2 Å². The Balaban J connectivity index is 1.64. The highest BCUT2D eigenvalue weighted by atomic mass is 32.1. The topological polar surface area (TPSA) is 107 Å². The van der Waals surface area contributed by atoms with Crippen LogP contribution in [0.5, 0.6) is 0 Å². The number of carbonyl (C=O) groups excluding carboxylic acids is 1. The zero-order chi connectivity index (χ0) is 22.1. The van der Waals surface area contributed by atoms with Gasteiger partial charge in [-0.3, -0.25) is 4.90 Å². The van der Waals surface area contributed by atoms with Crippen molar-refractivity contribution in [2.75, 3.05) is 18.0 Å². The van der Waals surface area contributed by atoms with E-state index in [9.17, 15) is 18.0 Å². The Morgan fingerprint density at radius 2 is 2.00 bits per heavy atom. The van der Waals surface area contributed by atoms with Crippen LogP contribution in [0, 0.1) is 17.5 Å². The molecular weight excluding hydrogens is 435 g/mol. The average Bonchev–Trinajstić information content (AvgIpc) is 3.37. The van der Waals surface area contributed by atoms with Gasteiger partial charge in [0.25, 0.3) is 5.89 Å². The van der Waals surface area contributed by atoms with E-state index in [1.165, 1.54) is 0 Å². The summed E-state index contributed by atoms with van der Waals surface area (Å²) in [5.41, 5.74) is 4.40. The number of nitrogens with two attached hydrogens (primary N) is 1. The fraction of sp³-hybridized carbons (Fsp3) is 0.158. The predicted octanol–water partition coefficient (Wildman–Crippen LogP) is 2.98. The number of carbonyl (C=O) groups is 1. The fourth-order valence-corrected chi connectivity index (χ4v) is 3.13. The number of benzene rings is 2. The summed E-state index contributed by atoms with van der Waals surface area (Å²) < 4.78 is 54.3. The molecule has 1 atom stereocenters. The van der Waals surface area contributed by atoms with Gasteiger partial charge in [-0.05, 0) is 12.2 Å². The lowest BCUT2D eigenvalue weighted by atomic mass is 10.1. The summed E-state index contributed by atoms with van der Waals surface area (Å²) in [4.78, 5) is 16.8. The molecule has 1 unspecified atom stereocenters. The number of cyclic esters (lactones) is 1. The minimum atomic E-state index is -1.57. The molecule has 2 heterocycles. The fourth-order valence-electron chi connectivity index (χ4n) is 3.04. The van der Waals surface area contributed by atoms with Gasteiger partial charge in [-0.1, -0.05) is 35.5 Å². The molecule has 2 aromatic carbocycles. The third-order valence-corrected chi connectivity index (χ3v) is 4.62. The van der Waals surface area contributed by atoms with Crippen LogP contribution in [0.2, 0.25) is 0 Å². The maximum atomic E-state index is 14.8. The molecule has 8 nitrogen and oxygen atoms in total. The smallest absolute Gasteiger partial charge is 0.414 e. The van der Waals surface area contributed by atoms with E-state index in [2.05, 4.69) is 27.7 Å². The van der Waals surface area contributed by atoms with Crippen molar-refractivity contribution in [3.05, 3.63) is 53.8 Å². The molecule has 0 radical (unpaired) electrons. The molecule has 12 heteroatoms. The molecule has 3 aromatic rings. The van der Waals surface area contributed by atoms with Crippen LogP contribution < -0.4 is 16.0 Å². The van der Waals surface area contributed by atoms with Crippen LogP contribution in [0.4, 0.5) is 23.7 Å². The number of ether oxygens (including phenoxy) is 1. The first-order valence-electron chi connectivity index (χ1n) is 8.93. The highest BCUT2D eigenvalue weighted by molar-refractivity contribution is 7.80. The Labute approximate surface area is 178 Å². The summed E-state index contributed by atoms with van der Waals surface area (Å²) in [6.45, 7) is -0.102. The van der Waals surface area contributed by atoms with E-state index in [1.54, 1.807) is 30.3 Å². The number of hydrogen-bond donors (Lipinski definition) is 2. The second kappa shape index (κ2) is 8.22.